The van der Waals surface area contributed by atoms with Crippen LogP contribution in [0.5, 0.6) is 0 Å². The molecule has 1 unspecified atom stereocenters. The van der Waals surface area contributed by atoms with E-state index in [1.54, 1.807) is 6.92 Å². The van der Waals surface area contributed by atoms with Gasteiger partial charge in [0.25, 0.3) is 0 Å². The van der Waals surface area contributed by atoms with E-state index in [9.17, 15) is 14.4 Å². The summed E-state index contributed by atoms with van der Waals surface area (Å²) in [6.45, 7) is 2.05. The molecule has 1 atom stereocenters. The molecule has 0 aliphatic carbocycles. The Morgan fingerprint density at radius 1 is 1.00 bits per heavy atom. The van der Waals surface area contributed by atoms with Gasteiger partial charge in [0.2, 0.25) is 5.91 Å². The van der Waals surface area contributed by atoms with Crippen molar-refractivity contribution in [3.05, 3.63) is 0 Å². The molecule has 0 aliphatic heterocycles. The van der Waals surface area contributed by atoms with Crippen LogP contribution in [0.25, 0.3) is 0 Å². The number of carboxylic acid groups (broad SMARTS) is 2. The van der Waals surface area contributed by atoms with Gasteiger partial charge in [0, 0.05) is 13.0 Å². The van der Waals surface area contributed by atoms with Crippen LogP contribution >= 0.6 is 0 Å². The molecule has 0 spiro atoms. The van der Waals surface area contributed by atoms with E-state index in [4.69, 9.17) is 30.8 Å². The summed E-state index contributed by atoms with van der Waals surface area (Å²) in [5, 5.41) is 20.0. The summed E-state index contributed by atoms with van der Waals surface area (Å²) < 4.78 is 16.0. The van der Waals surface area contributed by atoms with E-state index in [0.29, 0.717) is 6.61 Å². The summed E-state index contributed by atoms with van der Waals surface area (Å²) in [6.07, 6.45) is 4.42. The standard InChI is InChI=1S/C16H25NO8/c1-3-8-24-11-16(10-23-4-2,12-25-9-7-15(21)22)17-13(18)5-6-14(19)20/h1H,4-12H2,2H3,(H,17,18)(H,19,20)(H,21,22). The monoisotopic (exact) mass is 359 g/mol. The molecule has 0 heterocycles. The van der Waals surface area contributed by atoms with E-state index >= 15 is 0 Å². The van der Waals surface area contributed by atoms with E-state index < -0.39 is 23.4 Å². The SMILES string of the molecule is C#CCOCC(COCC)(COCCC(=O)O)NC(=O)CCC(=O)O. The highest BCUT2D eigenvalue weighted by molar-refractivity contribution is 5.81. The molecule has 0 aromatic rings. The van der Waals surface area contributed by atoms with Crippen LogP contribution in [0, 0.1) is 12.3 Å². The van der Waals surface area contributed by atoms with Crippen molar-refractivity contribution in [2.75, 3.05) is 39.6 Å². The van der Waals surface area contributed by atoms with E-state index in [1.807, 2.05) is 0 Å². The van der Waals surface area contributed by atoms with Crippen molar-refractivity contribution >= 4 is 17.8 Å². The number of terminal acetylenes is 1. The van der Waals surface area contributed by atoms with Crippen LogP contribution in [-0.2, 0) is 28.6 Å². The van der Waals surface area contributed by atoms with Crippen molar-refractivity contribution in [3.63, 3.8) is 0 Å². The molecule has 0 radical (unpaired) electrons. The zero-order chi connectivity index (χ0) is 19.1. The average Bonchev–Trinajstić information content (AvgIpc) is 2.55. The predicted molar refractivity (Wildman–Crippen MR) is 87.0 cm³/mol. The van der Waals surface area contributed by atoms with Crippen molar-refractivity contribution in [3.8, 4) is 12.3 Å². The van der Waals surface area contributed by atoms with E-state index in [0.717, 1.165) is 0 Å². The lowest BCUT2D eigenvalue weighted by Gasteiger charge is -2.34. The number of carboxylic acids is 2. The Labute approximate surface area is 146 Å². The van der Waals surface area contributed by atoms with Crippen LogP contribution in [-0.4, -0.2) is 73.2 Å². The van der Waals surface area contributed by atoms with Crippen molar-refractivity contribution in [1.82, 2.24) is 5.32 Å². The molecule has 0 aromatic carbocycles. The third-order valence-electron chi connectivity index (χ3n) is 2.96. The van der Waals surface area contributed by atoms with E-state index in [2.05, 4.69) is 11.2 Å². The van der Waals surface area contributed by atoms with E-state index in [1.165, 1.54) is 0 Å². The van der Waals surface area contributed by atoms with Gasteiger partial charge >= 0.3 is 11.9 Å². The molecule has 0 saturated carbocycles. The molecule has 9 nitrogen and oxygen atoms in total. The van der Waals surface area contributed by atoms with Crippen LogP contribution < -0.4 is 5.32 Å². The fourth-order valence-corrected chi connectivity index (χ4v) is 1.84. The Morgan fingerprint density at radius 2 is 1.60 bits per heavy atom. The Kier molecular flexibility index (Phi) is 12.0. The highest BCUT2D eigenvalue weighted by Gasteiger charge is 2.33. The lowest BCUT2D eigenvalue weighted by molar-refractivity contribution is -0.140. The smallest absolute Gasteiger partial charge is 0.305 e. The van der Waals surface area contributed by atoms with Gasteiger partial charge in [-0.25, -0.2) is 0 Å². The molecule has 1 amide bonds. The number of amides is 1. The second kappa shape index (κ2) is 13.2. The fraction of sp³-hybridized carbons (Fsp3) is 0.688. The molecular weight excluding hydrogens is 334 g/mol. The van der Waals surface area contributed by atoms with Gasteiger partial charge in [-0.2, -0.15) is 0 Å². The van der Waals surface area contributed by atoms with Crippen LogP contribution in [0.4, 0.5) is 0 Å². The van der Waals surface area contributed by atoms with Crippen LogP contribution in [0.3, 0.4) is 0 Å². The number of aliphatic carboxylic acids is 2. The van der Waals surface area contributed by atoms with Gasteiger partial charge in [0.1, 0.15) is 12.1 Å². The first-order valence-electron chi connectivity index (χ1n) is 7.76. The third kappa shape index (κ3) is 11.9. The maximum absolute atomic E-state index is 12.0. The number of hydrogen-bond donors (Lipinski definition) is 3. The molecule has 0 bridgehead atoms. The van der Waals surface area contributed by atoms with Crippen molar-refractivity contribution in [2.45, 2.75) is 31.7 Å². The highest BCUT2D eigenvalue weighted by Crippen LogP contribution is 2.10. The van der Waals surface area contributed by atoms with Gasteiger partial charge < -0.3 is 29.7 Å². The first-order valence-corrected chi connectivity index (χ1v) is 7.76. The quantitative estimate of drug-likeness (QED) is 0.272. The molecular formula is C16H25NO8. The number of carbonyl (C=O) groups is 3. The normalized spacial score (nSPS) is 12.8. The van der Waals surface area contributed by atoms with Crippen LogP contribution in [0.15, 0.2) is 0 Å². The minimum atomic E-state index is -1.10. The van der Waals surface area contributed by atoms with Crippen LogP contribution in [0.1, 0.15) is 26.2 Å². The number of ether oxygens (including phenoxy) is 3. The Hall–Kier alpha value is -2.15. The van der Waals surface area contributed by atoms with Gasteiger partial charge in [-0.15, -0.1) is 6.42 Å². The maximum Gasteiger partial charge on any atom is 0.305 e. The van der Waals surface area contributed by atoms with Crippen molar-refractivity contribution in [1.29, 1.82) is 0 Å². The second-order valence-corrected chi connectivity index (χ2v) is 5.25. The molecule has 142 valence electrons. The molecule has 9 heteroatoms. The zero-order valence-corrected chi connectivity index (χ0v) is 14.3. The summed E-state index contributed by atoms with van der Waals surface area (Å²) in [4.78, 5) is 33.2. The van der Waals surface area contributed by atoms with Gasteiger partial charge in [-0.3, -0.25) is 14.4 Å². The fourth-order valence-electron chi connectivity index (χ4n) is 1.84. The number of rotatable bonds is 15. The first kappa shape index (κ1) is 22.9. The van der Waals surface area contributed by atoms with Gasteiger partial charge in [0.15, 0.2) is 0 Å². The van der Waals surface area contributed by atoms with E-state index in [-0.39, 0.29) is 52.3 Å². The molecule has 0 fully saturated rings. The molecule has 3 N–H and O–H groups in total. The summed E-state index contributed by atoms with van der Waals surface area (Å²) in [7, 11) is 0. The number of hydrogen-bond acceptors (Lipinski definition) is 6. The summed E-state index contributed by atoms with van der Waals surface area (Å²) in [5.74, 6) is -0.307. The van der Waals surface area contributed by atoms with Gasteiger partial charge in [-0.05, 0) is 6.92 Å². The number of nitrogens with one attached hydrogen (secondary N) is 1. The Bertz CT molecular complexity index is 473. The first-order chi connectivity index (χ1) is 11.8. The maximum atomic E-state index is 12.0. The van der Waals surface area contributed by atoms with Gasteiger partial charge in [0.05, 0.1) is 39.3 Å². The minimum Gasteiger partial charge on any atom is -0.481 e. The minimum absolute atomic E-state index is 0.00793. The third-order valence-corrected chi connectivity index (χ3v) is 2.96. The van der Waals surface area contributed by atoms with Crippen molar-refractivity contribution in [2.24, 2.45) is 0 Å². The van der Waals surface area contributed by atoms with Gasteiger partial charge in [-0.1, -0.05) is 5.92 Å². The lowest BCUT2D eigenvalue weighted by Crippen LogP contribution is -2.58. The molecule has 0 saturated heterocycles. The summed E-state index contributed by atoms with van der Waals surface area (Å²) in [5.41, 5.74) is -1.10. The zero-order valence-electron chi connectivity index (χ0n) is 14.3. The largest absolute Gasteiger partial charge is 0.481 e. The number of carbonyl (C=O) groups excluding carboxylic acids is 1. The molecule has 25 heavy (non-hydrogen) atoms. The topological polar surface area (TPSA) is 131 Å². The molecule has 0 aromatic heterocycles. The summed E-state index contributed by atoms with van der Waals surface area (Å²) in [6, 6.07) is 0. The molecule has 0 rings (SSSR count). The molecule has 0 aliphatic rings. The predicted octanol–water partition coefficient (Wildman–Crippen LogP) is -0.116. The lowest BCUT2D eigenvalue weighted by atomic mass is 10.0. The average molecular weight is 359 g/mol. The second-order valence-electron chi connectivity index (χ2n) is 5.25. The Balaban J connectivity index is 4.94. The Morgan fingerprint density at radius 3 is 2.16 bits per heavy atom. The van der Waals surface area contributed by atoms with Crippen LogP contribution in [0.2, 0.25) is 0 Å². The highest BCUT2D eigenvalue weighted by atomic mass is 16.5. The summed E-state index contributed by atoms with van der Waals surface area (Å²) >= 11 is 0. The van der Waals surface area contributed by atoms with Crippen molar-refractivity contribution < 1.29 is 38.8 Å².